The Labute approximate surface area is 147 Å². The molecule has 0 saturated carbocycles. The number of aromatic carboxylic acids is 1. The van der Waals surface area contributed by atoms with Gasteiger partial charge in [0.2, 0.25) is 0 Å². The molecule has 1 heterocycles. The van der Waals surface area contributed by atoms with Crippen molar-refractivity contribution in [1.82, 2.24) is 4.98 Å². The summed E-state index contributed by atoms with van der Waals surface area (Å²) in [6, 6.07) is 14.9. The Bertz CT molecular complexity index is 1040. The Morgan fingerprint density at radius 2 is 1.55 bits per heavy atom. The maximum atomic E-state index is 11.1. The van der Waals surface area contributed by atoms with E-state index in [1.807, 2.05) is 36.4 Å². The molecule has 0 aliphatic carbocycles. The van der Waals surface area contributed by atoms with E-state index in [-0.39, 0.29) is 40.9 Å². The van der Waals surface area contributed by atoms with Gasteiger partial charge < -0.3 is 20.0 Å². The van der Waals surface area contributed by atoms with Crippen LogP contribution in [0.15, 0.2) is 48.5 Å². The summed E-state index contributed by atoms with van der Waals surface area (Å²) in [6.07, 6.45) is 0. The molecule has 102 valence electrons. The first-order valence-electron chi connectivity index (χ1n) is 6.52. The van der Waals surface area contributed by atoms with Gasteiger partial charge in [-0.2, -0.15) is 0 Å². The molecule has 2 N–H and O–H groups in total. The molecule has 0 saturated heterocycles. The predicted octanol–water partition coefficient (Wildman–Crippen LogP) is -0.453. The van der Waals surface area contributed by atoms with Gasteiger partial charge in [0, 0.05) is 27.9 Å². The van der Waals surface area contributed by atoms with Gasteiger partial charge in [0.1, 0.15) is 5.75 Å². The van der Waals surface area contributed by atoms with E-state index < -0.39 is 5.97 Å². The smallest absolute Gasteiger partial charge is 0.545 e. The third kappa shape index (κ3) is 2.16. The Hall–Kier alpha value is -2.01. The van der Waals surface area contributed by atoms with Crippen molar-refractivity contribution in [3.05, 3.63) is 54.1 Å². The second kappa shape index (κ2) is 5.32. The summed E-state index contributed by atoms with van der Waals surface area (Å²) in [5.41, 5.74) is 1.40. The molecule has 0 fully saturated rings. The number of H-pyrrole nitrogens is 1. The summed E-state index contributed by atoms with van der Waals surface area (Å²) < 4.78 is 0. The van der Waals surface area contributed by atoms with Gasteiger partial charge in [-0.25, -0.2) is 0 Å². The first kappa shape index (κ1) is 14.9. The zero-order valence-corrected chi connectivity index (χ0v) is 13.9. The number of hydrogen-bond acceptors (Lipinski definition) is 3. The fraction of sp³-hybridized carbons (Fsp3) is 0. The van der Waals surface area contributed by atoms with Crippen LogP contribution in [-0.2, 0) is 0 Å². The Morgan fingerprint density at radius 1 is 0.955 bits per heavy atom. The van der Waals surface area contributed by atoms with Crippen LogP contribution in [0.4, 0.5) is 0 Å². The number of nitrogens with one attached hydrogen (secondary N) is 1. The molecule has 4 nitrogen and oxygen atoms in total. The number of carbonyl (C=O) groups is 1. The average Bonchev–Trinajstić information content (AvgIpc) is 2.79. The van der Waals surface area contributed by atoms with Crippen LogP contribution < -0.4 is 34.7 Å². The van der Waals surface area contributed by atoms with Gasteiger partial charge in [-0.05, 0) is 29.0 Å². The summed E-state index contributed by atoms with van der Waals surface area (Å²) in [5.74, 6) is -1.68. The van der Waals surface area contributed by atoms with Crippen molar-refractivity contribution in [2.45, 2.75) is 0 Å². The molecule has 4 aromatic rings. The van der Waals surface area contributed by atoms with Crippen molar-refractivity contribution in [2.75, 3.05) is 0 Å². The molecule has 0 spiro atoms. The molecule has 0 bridgehead atoms. The summed E-state index contributed by atoms with van der Waals surface area (Å²) in [7, 11) is 0. The van der Waals surface area contributed by atoms with Gasteiger partial charge in [0.25, 0.3) is 0 Å². The van der Waals surface area contributed by atoms with Crippen molar-refractivity contribution in [1.29, 1.82) is 0 Å². The summed E-state index contributed by atoms with van der Waals surface area (Å²) >= 11 is 0. The van der Waals surface area contributed by atoms with E-state index in [9.17, 15) is 15.0 Å². The quantitative estimate of drug-likeness (QED) is 0.467. The average molecular weight is 299 g/mol. The van der Waals surface area contributed by atoms with E-state index in [4.69, 9.17) is 0 Å². The molecule has 4 rings (SSSR count). The molecule has 0 amide bonds. The number of phenols is 1. The number of benzene rings is 3. The van der Waals surface area contributed by atoms with Crippen LogP contribution in [0.1, 0.15) is 10.4 Å². The standard InChI is InChI=1S/C17H11NO3.Na/c19-16-8-15-12(7-13(16)17(20)21)11-5-9-3-1-2-4-10(9)6-14(11)18-15;/h1-8,18-19H,(H,20,21);/q;+1/p-1. The van der Waals surface area contributed by atoms with E-state index in [0.717, 1.165) is 27.1 Å². The maximum absolute atomic E-state index is 11.1. The first-order chi connectivity index (χ1) is 10.1. The molecular weight excluding hydrogens is 289 g/mol. The monoisotopic (exact) mass is 299 g/mol. The molecule has 22 heavy (non-hydrogen) atoms. The van der Waals surface area contributed by atoms with Gasteiger partial charge in [-0.15, -0.1) is 0 Å². The number of carboxylic acids is 1. The summed E-state index contributed by atoms with van der Waals surface area (Å²) in [6.45, 7) is 0. The van der Waals surface area contributed by atoms with E-state index >= 15 is 0 Å². The molecule has 0 radical (unpaired) electrons. The maximum Gasteiger partial charge on any atom is 1.00 e. The molecule has 1 aromatic heterocycles. The minimum atomic E-state index is -1.38. The fourth-order valence-corrected chi connectivity index (χ4v) is 2.79. The molecule has 0 aliphatic heterocycles. The van der Waals surface area contributed by atoms with Gasteiger partial charge >= 0.3 is 29.6 Å². The van der Waals surface area contributed by atoms with E-state index in [1.165, 1.54) is 12.1 Å². The Balaban J connectivity index is 0.00000144. The third-order valence-corrected chi connectivity index (χ3v) is 3.80. The number of aromatic hydroxyl groups is 1. The van der Waals surface area contributed by atoms with E-state index in [0.29, 0.717) is 5.52 Å². The van der Waals surface area contributed by atoms with Gasteiger partial charge in [0.15, 0.2) is 0 Å². The van der Waals surface area contributed by atoms with Crippen LogP contribution in [-0.4, -0.2) is 16.1 Å². The van der Waals surface area contributed by atoms with Crippen LogP contribution in [0.2, 0.25) is 0 Å². The van der Waals surface area contributed by atoms with Gasteiger partial charge in [-0.3, -0.25) is 0 Å². The molecule has 0 aliphatic rings. The van der Waals surface area contributed by atoms with E-state index in [2.05, 4.69) is 4.98 Å². The number of aromatic amines is 1. The van der Waals surface area contributed by atoms with Gasteiger partial charge in [0.05, 0.1) is 11.5 Å². The first-order valence-corrected chi connectivity index (χ1v) is 6.52. The zero-order valence-electron chi connectivity index (χ0n) is 11.9. The number of fused-ring (bicyclic) bond motifs is 4. The number of hydrogen-bond donors (Lipinski definition) is 2. The molecular formula is C17H10NNaO3. The second-order valence-corrected chi connectivity index (χ2v) is 5.07. The van der Waals surface area contributed by atoms with Crippen molar-refractivity contribution in [3.63, 3.8) is 0 Å². The van der Waals surface area contributed by atoms with Crippen molar-refractivity contribution < 1.29 is 44.6 Å². The van der Waals surface area contributed by atoms with Crippen LogP contribution in [0.25, 0.3) is 32.6 Å². The van der Waals surface area contributed by atoms with Crippen molar-refractivity contribution >= 4 is 38.5 Å². The third-order valence-electron chi connectivity index (χ3n) is 3.80. The minimum Gasteiger partial charge on any atom is -0.545 e. The van der Waals surface area contributed by atoms with Gasteiger partial charge in [-0.1, -0.05) is 24.3 Å². The minimum absolute atomic E-state index is 0. The number of rotatable bonds is 1. The Morgan fingerprint density at radius 3 is 2.23 bits per heavy atom. The molecule has 0 atom stereocenters. The SMILES string of the molecule is O=C([O-])c1cc2c(cc1O)[nH]c1cc3ccccc3cc12.[Na+]. The topological polar surface area (TPSA) is 76.2 Å². The van der Waals surface area contributed by atoms with Crippen molar-refractivity contribution in [3.8, 4) is 5.75 Å². The largest absolute Gasteiger partial charge is 1.00 e. The van der Waals surface area contributed by atoms with E-state index in [1.54, 1.807) is 0 Å². The molecule has 0 unspecified atom stereocenters. The van der Waals surface area contributed by atoms with Crippen molar-refractivity contribution in [2.24, 2.45) is 0 Å². The van der Waals surface area contributed by atoms with Crippen LogP contribution in [0, 0.1) is 0 Å². The molecule has 3 aromatic carbocycles. The number of carbonyl (C=O) groups excluding carboxylic acids is 1. The Kier molecular flexibility index (Phi) is 3.60. The van der Waals surface area contributed by atoms with Crippen LogP contribution >= 0.6 is 0 Å². The number of aromatic nitrogens is 1. The normalized spacial score (nSPS) is 10.9. The second-order valence-electron chi connectivity index (χ2n) is 5.07. The van der Waals surface area contributed by atoms with Crippen LogP contribution in [0.3, 0.4) is 0 Å². The summed E-state index contributed by atoms with van der Waals surface area (Å²) in [4.78, 5) is 14.3. The molecule has 5 heteroatoms. The predicted molar refractivity (Wildman–Crippen MR) is 79.3 cm³/mol. The fourth-order valence-electron chi connectivity index (χ4n) is 2.79. The summed E-state index contributed by atoms with van der Waals surface area (Å²) in [5, 5.41) is 24.7. The zero-order chi connectivity index (χ0) is 14.6. The number of carboxylic acid groups (broad SMARTS) is 1. The van der Waals surface area contributed by atoms with Crippen LogP contribution in [0.5, 0.6) is 5.75 Å².